The molecule has 0 fully saturated rings. The van der Waals surface area contributed by atoms with Crippen LogP contribution in [0.15, 0.2) is 67.4 Å². The lowest BCUT2D eigenvalue weighted by Crippen LogP contribution is -2.19. The van der Waals surface area contributed by atoms with E-state index in [0.717, 1.165) is 6.07 Å². The van der Waals surface area contributed by atoms with Gasteiger partial charge < -0.3 is 22.1 Å². The van der Waals surface area contributed by atoms with Crippen molar-refractivity contribution in [2.75, 3.05) is 16.4 Å². The summed E-state index contributed by atoms with van der Waals surface area (Å²) in [5.41, 5.74) is 10.1. The molecule has 1 heterocycles. The highest BCUT2D eigenvalue weighted by Gasteiger charge is 2.24. The Morgan fingerprint density at radius 1 is 0.814 bits per heavy atom. The van der Waals surface area contributed by atoms with Crippen molar-refractivity contribution in [3.8, 4) is 0 Å². The standard InChI is InChI=1S/C20H16ClN9O10S3/c21-17-26-18(22)28-20(27-17)24-9-1-2-12(13(5-9)25-19(23)31)29-30-14-7-11-8(4-16(14)43(38,39)40)3-10(41(32,33)34)6-15(11)42(35,36)37/h1-7H,(H3,23,25,31)(H,32,33,34)(H,35,36,37)(H,38,39,40)(H3,22,24,26,27,28). The fraction of sp³-hybridized carbons (Fsp3) is 0. The van der Waals surface area contributed by atoms with Crippen LogP contribution in [0.2, 0.25) is 5.28 Å². The SMILES string of the molecule is NC(=O)Nc1cc(Nc2nc(N)nc(Cl)n2)ccc1N=Nc1cc2c(S(=O)(=O)O)cc(S(=O)(=O)O)cc2cc1S(=O)(=O)O. The van der Waals surface area contributed by atoms with Crippen LogP contribution >= 0.6 is 11.6 Å². The number of amides is 2. The number of halogens is 1. The second-order valence-corrected chi connectivity index (χ2v) is 12.8. The maximum absolute atomic E-state index is 12.2. The van der Waals surface area contributed by atoms with E-state index in [4.69, 9.17) is 23.1 Å². The van der Waals surface area contributed by atoms with E-state index in [1.807, 2.05) is 0 Å². The maximum atomic E-state index is 12.2. The molecule has 4 aromatic rings. The van der Waals surface area contributed by atoms with E-state index in [2.05, 4.69) is 35.8 Å². The van der Waals surface area contributed by atoms with Gasteiger partial charge in [-0.1, -0.05) is 0 Å². The zero-order chi connectivity index (χ0) is 31.9. The number of rotatable bonds is 8. The minimum absolute atomic E-state index is 0.0716. The topological polar surface area (TPSA) is 320 Å². The molecule has 0 aliphatic rings. The van der Waals surface area contributed by atoms with Gasteiger partial charge in [-0.15, -0.1) is 10.2 Å². The van der Waals surface area contributed by atoms with Crippen molar-refractivity contribution in [3.63, 3.8) is 0 Å². The minimum Gasteiger partial charge on any atom is -0.368 e. The molecule has 0 bridgehead atoms. The monoisotopic (exact) mass is 673 g/mol. The second kappa shape index (κ2) is 11.3. The largest absolute Gasteiger partial charge is 0.368 e. The smallest absolute Gasteiger partial charge is 0.316 e. The molecule has 9 N–H and O–H groups in total. The number of anilines is 4. The molecule has 0 saturated heterocycles. The van der Waals surface area contributed by atoms with Gasteiger partial charge in [-0.25, -0.2) is 4.79 Å². The number of hydrogen-bond donors (Lipinski definition) is 7. The van der Waals surface area contributed by atoms with Crippen LogP contribution in [0.4, 0.5) is 39.4 Å². The molecule has 1 aromatic heterocycles. The van der Waals surface area contributed by atoms with Crippen LogP contribution in [0.1, 0.15) is 0 Å². The quantitative estimate of drug-likeness (QED) is 0.104. The number of primary amides is 1. The number of aromatic nitrogens is 3. The van der Waals surface area contributed by atoms with Crippen molar-refractivity contribution in [1.29, 1.82) is 0 Å². The molecule has 23 heteroatoms. The Labute approximate surface area is 246 Å². The lowest BCUT2D eigenvalue weighted by Gasteiger charge is -2.11. The number of urea groups is 1. The molecule has 19 nitrogen and oxygen atoms in total. The number of carbonyl (C=O) groups excluding carboxylic acids is 1. The molecule has 0 atom stereocenters. The van der Waals surface area contributed by atoms with Crippen molar-refractivity contribution in [2.24, 2.45) is 16.0 Å². The third kappa shape index (κ3) is 7.44. The summed E-state index contributed by atoms with van der Waals surface area (Å²) in [7, 11) is -15.3. The van der Waals surface area contributed by atoms with Gasteiger partial charge in [0.1, 0.15) is 21.2 Å². The molecular formula is C20H16ClN9O10S3. The fourth-order valence-corrected chi connectivity index (χ4v) is 5.71. The van der Waals surface area contributed by atoms with Gasteiger partial charge in [-0.2, -0.15) is 40.2 Å². The van der Waals surface area contributed by atoms with Crippen molar-refractivity contribution in [3.05, 3.63) is 47.7 Å². The molecule has 2 amide bonds. The number of benzene rings is 3. The zero-order valence-corrected chi connectivity index (χ0v) is 23.9. The Balaban J connectivity index is 1.88. The van der Waals surface area contributed by atoms with E-state index in [1.165, 1.54) is 18.2 Å². The molecular weight excluding hydrogens is 658 g/mol. The van der Waals surface area contributed by atoms with Gasteiger partial charge in [0.15, 0.2) is 0 Å². The summed E-state index contributed by atoms with van der Waals surface area (Å²) in [4.78, 5) is 19.9. The van der Waals surface area contributed by atoms with Crippen molar-refractivity contribution < 1.29 is 43.7 Å². The summed E-state index contributed by atoms with van der Waals surface area (Å²) in [5.74, 6) is -0.266. The third-order valence-electron chi connectivity index (χ3n) is 5.22. The average molecular weight is 674 g/mol. The van der Waals surface area contributed by atoms with E-state index < -0.39 is 67.5 Å². The average Bonchev–Trinajstić information content (AvgIpc) is 2.84. The number of carbonyl (C=O) groups is 1. The number of fused-ring (bicyclic) bond motifs is 1. The van der Waals surface area contributed by atoms with Crippen LogP contribution < -0.4 is 22.1 Å². The normalized spacial score (nSPS) is 12.5. The van der Waals surface area contributed by atoms with Gasteiger partial charge in [0.2, 0.25) is 17.2 Å². The van der Waals surface area contributed by atoms with Crippen molar-refractivity contribution in [2.45, 2.75) is 14.7 Å². The number of nitrogens with two attached hydrogens (primary N) is 2. The predicted molar refractivity (Wildman–Crippen MR) is 150 cm³/mol. The first-order valence-electron chi connectivity index (χ1n) is 10.9. The first kappa shape index (κ1) is 31.4. The molecule has 226 valence electrons. The van der Waals surface area contributed by atoms with Crippen LogP contribution in [0.3, 0.4) is 0 Å². The molecule has 0 aliphatic carbocycles. The summed E-state index contributed by atoms with van der Waals surface area (Å²) < 4.78 is 100. The van der Waals surface area contributed by atoms with Gasteiger partial charge in [-0.3, -0.25) is 13.7 Å². The Morgan fingerprint density at radius 2 is 1.47 bits per heavy atom. The molecule has 0 radical (unpaired) electrons. The molecule has 0 spiro atoms. The van der Waals surface area contributed by atoms with Crippen molar-refractivity contribution in [1.82, 2.24) is 15.0 Å². The van der Waals surface area contributed by atoms with E-state index >= 15 is 0 Å². The Hall–Kier alpha value is -4.58. The summed E-state index contributed by atoms with van der Waals surface area (Å²) in [6, 6.07) is 5.42. The number of nitrogens with one attached hydrogen (secondary N) is 2. The number of hydrogen-bond acceptors (Lipinski definition) is 14. The number of nitrogen functional groups attached to an aromatic ring is 1. The summed E-state index contributed by atoms with van der Waals surface area (Å²) in [6.45, 7) is 0. The summed E-state index contributed by atoms with van der Waals surface area (Å²) >= 11 is 5.76. The van der Waals surface area contributed by atoms with Crippen LogP contribution in [0.25, 0.3) is 10.8 Å². The third-order valence-corrected chi connectivity index (χ3v) is 8.00. The van der Waals surface area contributed by atoms with E-state index in [1.54, 1.807) is 0 Å². The Kier molecular flexibility index (Phi) is 8.20. The first-order valence-corrected chi connectivity index (χ1v) is 15.6. The fourth-order valence-electron chi connectivity index (χ4n) is 3.56. The Morgan fingerprint density at radius 3 is 2.05 bits per heavy atom. The maximum Gasteiger partial charge on any atom is 0.316 e. The lowest BCUT2D eigenvalue weighted by atomic mass is 10.1. The highest BCUT2D eigenvalue weighted by Crippen LogP contribution is 2.37. The van der Waals surface area contributed by atoms with E-state index in [0.29, 0.717) is 18.2 Å². The molecule has 0 saturated carbocycles. The minimum atomic E-state index is -5.16. The van der Waals surface area contributed by atoms with Crippen LogP contribution in [0.5, 0.6) is 0 Å². The first-order chi connectivity index (χ1) is 19.8. The van der Waals surface area contributed by atoms with Gasteiger partial charge in [0.25, 0.3) is 30.4 Å². The van der Waals surface area contributed by atoms with E-state index in [-0.39, 0.29) is 34.2 Å². The second-order valence-electron chi connectivity index (χ2n) is 8.22. The van der Waals surface area contributed by atoms with Crippen LogP contribution in [-0.4, -0.2) is 59.9 Å². The van der Waals surface area contributed by atoms with Gasteiger partial charge in [0.05, 0.1) is 10.6 Å². The highest BCUT2D eigenvalue weighted by molar-refractivity contribution is 7.87. The molecule has 3 aromatic carbocycles. The predicted octanol–water partition coefficient (Wildman–Crippen LogP) is 2.65. The number of azo groups is 1. The van der Waals surface area contributed by atoms with Gasteiger partial charge in [-0.05, 0) is 59.5 Å². The lowest BCUT2D eigenvalue weighted by molar-refractivity contribution is 0.259. The molecule has 0 unspecified atom stereocenters. The summed E-state index contributed by atoms with van der Waals surface area (Å²) in [6.07, 6.45) is 0. The molecule has 43 heavy (non-hydrogen) atoms. The van der Waals surface area contributed by atoms with Crippen LogP contribution in [0, 0.1) is 0 Å². The number of nitrogens with zero attached hydrogens (tertiary/aromatic N) is 5. The Bertz CT molecular complexity index is 2160. The van der Waals surface area contributed by atoms with Gasteiger partial charge in [0, 0.05) is 11.1 Å². The molecule has 4 rings (SSSR count). The van der Waals surface area contributed by atoms with Gasteiger partial charge >= 0.3 is 6.03 Å². The zero-order valence-electron chi connectivity index (χ0n) is 20.7. The van der Waals surface area contributed by atoms with E-state index in [9.17, 15) is 43.7 Å². The highest BCUT2D eigenvalue weighted by atomic mass is 35.5. The van der Waals surface area contributed by atoms with Crippen molar-refractivity contribution >= 4 is 93.4 Å². The molecule has 0 aliphatic heterocycles. The van der Waals surface area contributed by atoms with Crippen LogP contribution in [-0.2, 0) is 30.4 Å². The summed E-state index contributed by atoms with van der Waals surface area (Å²) in [5, 5.41) is 11.5.